The number of piperidine rings is 1. The Morgan fingerprint density at radius 2 is 1.91 bits per heavy atom. The first-order valence-corrected chi connectivity index (χ1v) is 12.1. The Labute approximate surface area is 196 Å². The number of amides is 1. The average molecular weight is 493 g/mol. The summed E-state index contributed by atoms with van der Waals surface area (Å²) in [4.78, 5) is 18.8. The number of benzene rings is 2. The zero-order valence-electron chi connectivity index (χ0n) is 17.8. The first-order chi connectivity index (χ1) is 15.7. The van der Waals surface area contributed by atoms with E-state index >= 15 is 0 Å². The molecule has 0 N–H and O–H groups in total. The van der Waals surface area contributed by atoms with Crippen molar-refractivity contribution in [1.29, 1.82) is 0 Å². The predicted octanol–water partition coefficient (Wildman–Crippen LogP) is 3.59. The van der Waals surface area contributed by atoms with Crippen LogP contribution in [-0.4, -0.2) is 53.8 Å². The summed E-state index contributed by atoms with van der Waals surface area (Å²) in [6, 6.07) is 11.7. The van der Waals surface area contributed by atoms with Crippen molar-refractivity contribution in [3.05, 3.63) is 65.3 Å². The van der Waals surface area contributed by atoms with Gasteiger partial charge in [-0.05, 0) is 61.4 Å². The van der Waals surface area contributed by atoms with Gasteiger partial charge in [0.05, 0.1) is 17.4 Å². The summed E-state index contributed by atoms with van der Waals surface area (Å²) in [6.07, 6.45) is 1.12. The highest BCUT2D eigenvalue weighted by atomic mass is 35.5. The van der Waals surface area contributed by atoms with Crippen molar-refractivity contribution in [2.75, 3.05) is 20.1 Å². The minimum absolute atomic E-state index is 0.00550. The van der Waals surface area contributed by atoms with Gasteiger partial charge in [-0.15, -0.1) is 0 Å². The van der Waals surface area contributed by atoms with E-state index in [0.29, 0.717) is 30.2 Å². The van der Waals surface area contributed by atoms with Crippen molar-refractivity contribution in [3.8, 4) is 11.4 Å². The van der Waals surface area contributed by atoms with Crippen molar-refractivity contribution >= 4 is 27.5 Å². The van der Waals surface area contributed by atoms with Gasteiger partial charge in [0, 0.05) is 30.7 Å². The summed E-state index contributed by atoms with van der Waals surface area (Å²) >= 11 is 5.90. The standard InChI is InChI=1S/C22H22ClFN4O4S/c1-27(14-20-25-21(26-32-20)15-4-6-17(23)7-5-15)22(29)16-3-2-12-28(13-16)33(30,31)19-10-8-18(24)9-11-19/h4-11,16H,2-3,12-14H2,1H3/t16-/m0/s1. The molecule has 33 heavy (non-hydrogen) atoms. The van der Waals surface area contributed by atoms with Crippen LogP contribution in [0.2, 0.25) is 5.02 Å². The van der Waals surface area contributed by atoms with E-state index in [1.165, 1.54) is 21.3 Å². The fraction of sp³-hybridized carbons (Fsp3) is 0.318. The number of nitrogens with zero attached hydrogens (tertiary/aromatic N) is 4. The lowest BCUT2D eigenvalue weighted by Gasteiger charge is -2.33. The lowest BCUT2D eigenvalue weighted by Crippen LogP contribution is -2.45. The molecule has 0 spiro atoms. The Kier molecular flexibility index (Phi) is 6.78. The third kappa shape index (κ3) is 5.23. The fourth-order valence-corrected chi connectivity index (χ4v) is 5.40. The molecule has 2 aromatic carbocycles. The highest BCUT2D eigenvalue weighted by molar-refractivity contribution is 7.89. The monoisotopic (exact) mass is 492 g/mol. The highest BCUT2D eigenvalue weighted by Gasteiger charge is 2.34. The summed E-state index contributed by atoms with van der Waals surface area (Å²) in [5.74, 6) is -0.570. The molecule has 3 aromatic rings. The van der Waals surface area contributed by atoms with E-state index in [1.807, 2.05) is 0 Å². The Balaban J connectivity index is 1.41. The molecule has 0 radical (unpaired) electrons. The Morgan fingerprint density at radius 3 is 2.61 bits per heavy atom. The van der Waals surface area contributed by atoms with Crippen molar-refractivity contribution < 1.29 is 22.1 Å². The maximum Gasteiger partial charge on any atom is 0.246 e. The number of aromatic nitrogens is 2. The normalized spacial score (nSPS) is 17.1. The molecule has 0 aliphatic carbocycles. The molecule has 8 nitrogen and oxygen atoms in total. The lowest BCUT2D eigenvalue weighted by atomic mass is 9.98. The third-order valence-electron chi connectivity index (χ3n) is 5.50. The van der Waals surface area contributed by atoms with E-state index in [4.69, 9.17) is 16.1 Å². The number of halogens is 2. The summed E-state index contributed by atoms with van der Waals surface area (Å²) in [6.45, 7) is 0.463. The van der Waals surface area contributed by atoms with E-state index in [0.717, 1.165) is 17.7 Å². The van der Waals surface area contributed by atoms with Crippen LogP contribution in [0.15, 0.2) is 57.9 Å². The molecule has 2 heterocycles. The smallest absolute Gasteiger partial charge is 0.246 e. The summed E-state index contributed by atoms with van der Waals surface area (Å²) in [7, 11) is -2.20. The van der Waals surface area contributed by atoms with Crippen LogP contribution in [0.3, 0.4) is 0 Å². The van der Waals surface area contributed by atoms with Crippen LogP contribution in [0.1, 0.15) is 18.7 Å². The van der Waals surface area contributed by atoms with Crippen LogP contribution in [0.25, 0.3) is 11.4 Å². The van der Waals surface area contributed by atoms with Crippen molar-refractivity contribution in [2.45, 2.75) is 24.3 Å². The van der Waals surface area contributed by atoms with E-state index in [1.54, 1.807) is 31.3 Å². The molecule has 11 heteroatoms. The molecule has 1 saturated heterocycles. The van der Waals surface area contributed by atoms with Crippen molar-refractivity contribution in [1.82, 2.24) is 19.3 Å². The van der Waals surface area contributed by atoms with Gasteiger partial charge in [0.1, 0.15) is 5.82 Å². The molecule has 0 bridgehead atoms. The second kappa shape index (κ2) is 9.58. The zero-order chi connectivity index (χ0) is 23.6. The second-order valence-corrected chi connectivity index (χ2v) is 10.2. The van der Waals surface area contributed by atoms with Gasteiger partial charge in [0.15, 0.2) is 0 Å². The Bertz CT molecular complexity index is 1230. The third-order valence-corrected chi connectivity index (χ3v) is 7.64. The largest absolute Gasteiger partial charge is 0.337 e. The van der Waals surface area contributed by atoms with Crippen molar-refractivity contribution in [3.63, 3.8) is 0 Å². The molecule has 1 amide bonds. The van der Waals surface area contributed by atoms with E-state index in [9.17, 15) is 17.6 Å². The molecule has 1 aliphatic heterocycles. The van der Waals surface area contributed by atoms with Crippen LogP contribution < -0.4 is 0 Å². The van der Waals surface area contributed by atoms with Gasteiger partial charge in [-0.2, -0.15) is 9.29 Å². The quantitative estimate of drug-likeness (QED) is 0.521. The van der Waals surface area contributed by atoms with E-state index in [2.05, 4.69) is 10.1 Å². The van der Waals surface area contributed by atoms with Crippen LogP contribution >= 0.6 is 11.6 Å². The number of rotatable bonds is 6. The zero-order valence-corrected chi connectivity index (χ0v) is 19.4. The topological polar surface area (TPSA) is 96.6 Å². The number of carbonyl (C=O) groups is 1. The Morgan fingerprint density at radius 1 is 1.21 bits per heavy atom. The molecule has 1 atom stereocenters. The number of carbonyl (C=O) groups excluding carboxylic acids is 1. The van der Waals surface area contributed by atoms with Gasteiger partial charge < -0.3 is 9.42 Å². The fourth-order valence-electron chi connectivity index (χ4n) is 3.75. The van der Waals surface area contributed by atoms with Crippen molar-refractivity contribution in [2.24, 2.45) is 5.92 Å². The molecule has 174 valence electrons. The number of hydrogen-bond donors (Lipinski definition) is 0. The predicted molar refractivity (Wildman–Crippen MR) is 119 cm³/mol. The summed E-state index contributed by atoms with van der Waals surface area (Å²) in [5, 5.41) is 4.54. The molecule has 0 saturated carbocycles. The van der Waals surface area contributed by atoms with Crippen LogP contribution in [0, 0.1) is 11.7 Å². The average Bonchev–Trinajstić information content (AvgIpc) is 3.27. The van der Waals surface area contributed by atoms with E-state index in [-0.39, 0.29) is 29.8 Å². The van der Waals surface area contributed by atoms with Gasteiger partial charge in [0.25, 0.3) is 0 Å². The molecular formula is C22H22ClFN4O4S. The molecule has 1 fully saturated rings. The van der Waals surface area contributed by atoms with Gasteiger partial charge in [-0.3, -0.25) is 4.79 Å². The molecular weight excluding hydrogens is 471 g/mol. The number of hydrogen-bond acceptors (Lipinski definition) is 6. The summed E-state index contributed by atoms with van der Waals surface area (Å²) in [5.41, 5.74) is 0.734. The van der Waals surface area contributed by atoms with Gasteiger partial charge in [-0.1, -0.05) is 16.8 Å². The van der Waals surface area contributed by atoms with Crippen LogP contribution in [0.4, 0.5) is 4.39 Å². The lowest BCUT2D eigenvalue weighted by molar-refractivity contribution is -0.136. The minimum atomic E-state index is -3.81. The maximum atomic E-state index is 13.2. The maximum absolute atomic E-state index is 13.2. The molecule has 1 aliphatic rings. The molecule has 1 aromatic heterocycles. The first-order valence-electron chi connectivity index (χ1n) is 10.3. The Hall–Kier alpha value is -2.82. The highest BCUT2D eigenvalue weighted by Crippen LogP contribution is 2.26. The van der Waals surface area contributed by atoms with Crippen LogP contribution in [-0.2, 0) is 21.4 Å². The van der Waals surface area contributed by atoms with E-state index < -0.39 is 21.8 Å². The summed E-state index contributed by atoms with van der Waals surface area (Å²) < 4.78 is 45.6. The minimum Gasteiger partial charge on any atom is -0.337 e. The SMILES string of the molecule is CN(Cc1nc(-c2ccc(Cl)cc2)no1)C(=O)[C@H]1CCCN(S(=O)(=O)c2ccc(F)cc2)C1. The first kappa shape index (κ1) is 23.3. The van der Waals surface area contributed by atoms with Crippen LogP contribution in [0.5, 0.6) is 0 Å². The van der Waals surface area contributed by atoms with Gasteiger partial charge in [-0.25, -0.2) is 12.8 Å². The van der Waals surface area contributed by atoms with Gasteiger partial charge in [0.2, 0.25) is 27.6 Å². The van der Waals surface area contributed by atoms with Gasteiger partial charge >= 0.3 is 0 Å². The molecule has 4 rings (SSSR count). The number of sulfonamides is 1. The molecule has 0 unspecified atom stereocenters. The second-order valence-electron chi connectivity index (χ2n) is 7.87.